The largest absolute Gasteiger partial charge is 0.492 e. The molecule has 4 aliphatic rings. The Morgan fingerprint density at radius 1 is 1.37 bits per heavy atom. The van der Waals surface area contributed by atoms with Crippen LogP contribution in [0.3, 0.4) is 0 Å². The summed E-state index contributed by atoms with van der Waals surface area (Å²) in [6.07, 6.45) is 3.79. The van der Waals surface area contributed by atoms with E-state index in [4.69, 9.17) is 9.47 Å². The van der Waals surface area contributed by atoms with Crippen molar-refractivity contribution in [3.63, 3.8) is 0 Å². The number of nitrogens with one attached hydrogen (secondary N) is 1. The minimum Gasteiger partial charge on any atom is -0.492 e. The van der Waals surface area contributed by atoms with Gasteiger partial charge in [0.25, 0.3) is 5.91 Å². The molecule has 1 spiro atoms. The Morgan fingerprint density at radius 3 is 2.78 bits per heavy atom. The Hall–Kier alpha value is -2.75. The second-order valence-electron chi connectivity index (χ2n) is 7.98. The molecule has 7 nitrogen and oxygen atoms in total. The third-order valence-corrected chi connectivity index (χ3v) is 6.31. The molecule has 2 saturated carbocycles. The molecular weight excluding hydrogens is 346 g/mol. The number of imide groups is 1. The summed E-state index contributed by atoms with van der Waals surface area (Å²) in [6.45, 7) is 2.54. The molecule has 2 heterocycles. The van der Waals surface area contributed by atoms with E-state index in [9.17, 15) is 14.9 Å². The summed E-state index contributed by atoms with van der Waals surface area (Å²) in [5.41, 5.74) is 1.57. The van der Waals surface area contributed by atoms with Crippen molar-refractivity contribution in [2.75, 3.05) is 6.61 Å². The predicted octanol–water partition coefficient (Wildman–Crippen LogP) is 2.22. The van der Waals surface area contributed by atoms with Crippen LogP contribution >= 0.6 is 0 Å². The van der Waals surface area contributed by atoms with Gasteiger partial charge in [0.05, 0.1) is 12.2 Å². The van der Waals surface area contributed by atoms with Crippen molar-refractivity contribution >= 4 is 11.9 Å². The first-order valence-electron chi connectivity index (χ1n) is 9.57. The Morgan fingerprint density at radius 2 is 2.15 bits per heavy atom. The Bertz CT molecular complexity index is 880. The number of hydrogen-bond acceptors (Lipinski definition) is 5. The topological polar surface area (TPSA) is 91.7 Å². The number of amides is 3. The number of carbonyl (C=O) groups excluding carboxylic acids is 2. The van der Waals surface area contributed by atoms with E-state index in [0.717, 1.165) is 24.2 Å². The number of nitriles is 1. The van der Waals surface area contributed by atoms with Gasteiger partial charge in [-0.3, -0.25) is 9.69 Å². The molecule has 3 fully saturated rings. The highest BCUT2D eigenvalue weighted by molar-refractivity contribution is 6.04. The SMILES string of the molecule is CC[C@H]1NC(=O)N(C2CC(Oc3c(C#N)ccc4c3C3(CC3)CO4)C2)C1=O. The van der Waals surface area contributed by atoms with Crippen LogP contribution in [0, 0.1) is 11.3 Å². The Balaban J connectivity index is 1.33. The lowest BCUT2D eigenvalue weighted by Gasteiger charge is -2.39. The molecule has 1 saturated heterocycles. The highest BCUT2D eigenvalue weighted by Crippen LogP contribution is 2.59. The fraction of sp³-hybridized carbons (Fsp3) is 0.550. The van der Waals surface area contributed by atoms with Crippen LogP contribution in [0.1, 0.15) is 50.2 Å². The van der Waals surface area contributed by atoms with E-state index in [-0.39, 0.29) is 29.5 Å². The predicted molar refractivity (Wildman–Crippen MR) is 94.5 cm³/mol. The summed E-state index contributed by atoms with van der Waals surface area (Å²) < 4.78 is 12.0. The van der Waals surface area contributed by atoms with E-state index in [1.807, 2.05) is 13.0 Å². The quantitative estimate of drug-likeness (QED) is 0.824. The molecule has 0 unspecified atom stereocenters. The van der Waals surface area contributed by atoms with Crippen molar-refractivity contribution in [2.24, 2.45) is 0 Å². The molecule has 5 rings (SSSR count). The van der Waals surface area contributed by atoms with Crippen LogP contribution < -0.4 is 14.8 Å². The highest BCUT2D eigenvalue weighted by atomic mass is 16.5. The molecule has 0 aromatic heterocycles. The monoisotopic (exact) mass is 367 g/mol. The molecule has 140 valence electrons. The van der Waals surface area contributed by atoms with Gasteiger partial charge in [-0.05, 0) is 31.4 Å². The smallest absolute Gasteiger partial charge is 0.325 e. The van der Waals surface area contributed by atoms with E-state index in [1.54, 1.807) is 6.07 Å². The average Bonchev–Trinajstić information content (AvgIpc) is 3.24. The van der Waals surface area contributed by atoms with Gasteiger partial charge in [-0.1, -0.05) is 6.92 Å². The van der Waals surface area contributed by atoms with Crippen molar-refractivity contribution in [2.45, 2.75) is 62.6 Å². The second-order valence-corrected chi connectivity index (χ2v) is 7.98. The van der Waals surface area contributed by atoms with Gasteiger partial charge < -0.3 is 14.8 Å². The lowest BCUT2D eigenvalue weighted by atomic mass is 9.87. The summed E-state index contributed by atoms with van der Waals surface area (Å²) in [7, 11) is 0. The van der Waals surface area contributed by atoms with Gasteiger partial charge in [-0.25, -0.2) is 4.79 Å². The van der Waals surface area contributed by atoms with Crippen LogP contribution in [0.2, 0.25) is 0 Å². The highest BCUT2D eigenvalue weighted by Gasteiger charge is 2.54. The van der Waals surface area contributed by atoms with Crippen molar-refractivity contribution in [1.82, 2.24) is 10.2 Å². The number of fused-ring (bicyclic) bond motifs is 2. The zero-order valence-corrected chi connectivity index (χ0v) is 15.2. The van der Waals surface area contributed by atoms with Crippen molar-refractivity contribution in [1.29, 1.82) is 5.26 Å². The molecule has 2 aliphatic heterocycles. The summed E-state index contributed by atoms with van der Waals surface area (Å²) in [5.74, 6) is 1.31. The molecule has 0 bridgehead atoms. The first kappa shape index (κ1) is 16.4. The van der Waals surface area contributed by atoms with Crippen molar-refractivity contribution in [3.8, 4) is 17.6 Å². The van der Waals surface area contributed by atoms with E-state index in [2.05, 4.69) is 11.4 Å². The number of carbonyl (C=O) groups is 2. The minimum atomic E-state index is -0.410. The Kier molecular flexibility index (Phi) is 3.42. The maximum Gasteiger partial charge on any atom is 0.325 e. The zero-order valence-electron chi connectivity index (χ0n) is 15.2. The Labute approximate surface area is 157 Å². The summed E-state index contributed by atoms with van der Waals surface area (Å²) in [4.78, 5) is 25.8. The summed E-state index contributed by atoms with van der Waals surface area (Å²) >= 11 is 0. The van der Waals surface area contributed by atoms with Gasteiger partial charge in [0.2, 0.25) is 0 Å². The first-order chi connectivity index (χ1) is 13.1. The lowest BCUT2D eigenvalue weighted by molar-refractivity contribution is -0.131. The maximum atomic E-state index is 12.3. The molecule has 0 radical (unpaired) electrons. The minimum absolute atomic E-state index is 0.0137. The number of benzene rings is 1. The number of urea groups is 1. The van der Waals surface area contributed by atoms with Crippen molar-refractivity contribution < 1.29 is 19.1 Å². The van der Waals surface area contributed by atoms with E-state index >= 15 is 0 Å². The van der Waals surface area contributed by atoms with Crippen LogP contribution in [0.15, 0.2) is 12.1 Å². The van der Waals surface area contributed by atoms with Gasteiger partial charge in [-0.2, -0.15) is 5.26 Å². The van der Waals surface area contributed by atoms with Gasteiger partial charge in [0, 0.05) is 29.9 Å². The molecule has 1 N–H and O–H groups in total. The zero-order chi connectivity index (χ0) is 18.8. The third kappa shape index (κ3) is 2.32. The molecule has 3 amide bonds. The lowest BCUT2D eigenvalue weighted by Crippen LogP contribution is -2.52. The molecule has 7 heteroatoms. The maximum absolute atomic E-state index is 12.3. The van der Waals surface area contributed by atoms with E-state index in [1.165, 1.54) is 4.90 Å². The molecular formula is C20H21N3O4. The van der Waals surface area contributed by atoms with Crippen molar-refractivity contribution in [3.05, 3.63) is 23.3 Å². The number of rotatable bonds is 4. The van der Waals surface area contributed by atoms with Gasteiger partial charge in [0.1, 0.15) is 29.7 Å². The number of nitrogens with zero attached hydrogens (tertiary/aromatic N) is 2. The van der Waals surface area contributed by atoms with Crippen LogP contribution in [0.25, 0.3) is 0 Å². The van der Waals surface area contributed by atoms with Crippen LogP contribution in [0.4, 0.5) is 4.79 Å². The van der Waals surface area contributed by atoms with E-state index in [0.29, 0.717) is 37.2 Å². The first-order valence-corrected chi connectivity index (χ1v) is 9.57. The average molecular weight is 367 g/mol. The van der Waals surface area contributed by atoms with E-state index < -0.39 is 6.04 Å². The normalized spacial score (nSPS) is 29.6. The van der Waals surface area contributed by atoms with Gasteiger partial charge >= 0.3 is 6.03 Å². The fourth-order valence-electron chi connectivity index (χ4n) is 4.41. The number of ether oxygens (including phenoxy) is 2. The summed E-state index contributed by atoms with van der Waals surface area (Å²) in [6, 6.07) is 4.98. The molecule has 2 aliphatic carbocycles. The molecule has 27 heavy (non-hydrogen) atoms. The van der Waals surface area contributed by atoms with Gasteiger partial charge in [0.15, 0.2) is 0 Å². The van der Waals surface area contributed by atoms with Crippen LogP contribution in [-0.2, 0) is 10.2 Å². The molecule has 1 atom stereocenters. The van der Waals surface area contributed by atoms with Crippen LogP contribution in [-0.4, -0.2) is 41.6 Å². The standard InChI is InChI=1S/C20H21N3O4/c1-2-14-18(24)23(19(25)22-14)12-7-13(8-12)27-17-11(9-21)3-4-15-16(17)20(5-6-20)10-26-15/h3-4,12-14H,2,5-8,10H2,1H3,(H,22,25)/t12?,13?,14-/m1/s1. The summed E-state index contributed by atoms with van der Waals surface area (Å²) in [5, 5.41) is 12.2. The van der Waals surface area contributed by atoms with Crippen LogP contribution in [0.5, 0.6) is 11.5 Å². The molecule has 1 aromatic carbocycles. The second kappa shape index (κ2) is 5.62. The fourth-order valence-corrected chi connectivity index (χ4v) is 4.41. The third-order valence-electron chi connectivity index (χ3n) is 6.31. The van der Waals surface area contributed by atoms with Gasteiger partial charge in [-0.15, -0.1) is 0 Å². The molecule has 1 aromatic rings. The number of hydrogen-bond donors (Lipinski definition) is 1.